The number of nitrogen functional groups attached to an aromatic ring is 1. The van der Waals surface area contributed by atoms with E-state index in [4.69, 9.17) is 15.0 Å². The molecule has 6 nitrogen and oxygen atoms in total. The third kappa shape index (κ3) is 2.18. The first kappa shape index (κ1) is 12.2. The van der Waals surface area contributed by atoms with Gasteiger partial charge in [0.05, 0.1) is 12.7 Å². The second kappa shape index (κ2) is 5.00. The van der Waals surface area contributed by atoms with Gasteiger partial charge in [-0.05, 0) is 24.3 Å². The molecule has 6 heteroatoms. The molecule has 2 N–H and O–H groups in total. The first-order chi connectivity index (χ1) is 9.78. The lowest BCUT2D eigenvalue weighted by Gasteiger charge is -2.03. The maximum Gasteiger partial charge on any atom is 0.260 e. The van der Waals surface area contributed by atoms with Crippen LogP contribution in [-0.2, 0) is 0 Å². The van der Waals surface area contributed by atoms with E-state index in [-0.39, 0.29) is 0 Å². The molecule has 0 fully saturated rings. The second-order valence-corrected chi connectivity index (χ2v) is 4.12. The largest absolute Gasteiger partial charge is 0.497 e. The Morgan fingerprint density at radius 2 is 2.15 bits per heavy atom. The van der Waals surface area contributed by atoms with Crippen LogP contribution in [0.25, 0.3) is 22.8 Å². The van der Waals surface area contributed by atoms with Crippen LogP contribution in [0.5, 0.6) is 5.75 Å². The number of methoxy groups -OCH3 is 1. The van der Waals surface area contributed by atoms with Gasteiger partial charge in [-0.2, -0.15) is 4.98 Å². The van der Waals surface area contributed by atoms with Crippen LogP contribution < -0.4 is 10.5 Å². The van der Waals surface area contributed by atoms with E-state index in [9.17, 15) is 0 Å². The SMILES string of the molecule is COc1ccc(-c2nc(-c3cccnc3)no2)c(N)c1. The molecule has 20 heavy (non-hydrogen) atoms. The number of benzene rings is 1. The summed E-state index contributed by atoms with van der Waals surface area (Å²) in [4.78, 5) is 8.35. The zero-order chi connectivity index (χ0) is 13.9. The van der Waals surface area contributed by atoms with Crippen LogP contribution in [0.1, 0.15) is 0 Å². The Bertz CT molecular complexity index is 725. The second-order valence-electron chi connectivity index (χ2n) is 4.12. The van der Waals surface area contributed by atoms with Crippen LogP contribution in [0.2, 0.25) is 0 Å². The maximum atomic E-state index is 5.96. The Morgan fingerprint density at radius 1 is 1.25 bits per heavy atom. The summed E-state index contributed by atoms with van der Waals surface area (Å²) < 4.78 is 10.4. The summed E-state index contributed by atoms with van der Waals surface area (Å²) in [6, 6.07) is 8.96. The molecule has 0 saturated carbocycles. The minimum atomic E-state index is 0.365. The topological polar surface area (TPSA) is 87.1 Å². The average molecular weight is 268 g/mol. The molecular formula is C14H12N4O2. The maximum absolute atomic E-state index is 5.96. The van der Waals surface area contributed by atoms with E-state index in [1.807, 2.05) is 12.1 Å². The van der Waals surface area contributed by atoms with E-state index in [1.54, 1.807) is 37.7 Å². The lowest BCUT2D eigenvalue weighted by Crippen LogP contribution is -1.92. The highest BCUT2D eigenvalue weighted by atomic mass is 16.5. The Hall–Kier alpha value is -2.89. The number of nitrogens with two attached hydrogens (primary N) is 1. The van der Waals surface area contributed by atoms with Gasteiger partial charge in [-0.3, -0.25) is 4.98 Å². The predicted octanol–water partition coefficient (Wildman–Crippen LogP) is 2.39. The molecule has 0 amide bonds. The molecule has 3 rings (SSSR count). The minimum Gasteiger partial charge on any atom is -0.497 e. The molecule has 0 aliphatic carbocycles. The van der Waals surface area contributed by atoms with E-state index >= 15 is 0 Å². The Morgan fingerprint density at radius 3 is 2.85 bits per heavy atom. The van der Waals surface area contributed by atoms with E-state index in [0.717, 1.165) is 5.56 Å². The summed E-state index contributed by atoms with van der Waals surface area (Å²) in [5.74, 6) is 1.52. The monoisotopic (exact) mass is 268 g/mol. The molecule has 0 aliphatic rings. The zero-order valence-corrected chi connectivity index (χ0v) is 10.8. The van der Waals surface area contributed by atoms with Gasteiger partial charge in [0.25, 0.3) is 5.89 Å². The number of nitrogens with zero attached hydrogens (tertiary/aromatic N) is 3. The van der Waals surface area contributed by atoms with Crippen LogP contribution in [0, 0.1) is 0 Å². The van der Waals surface area contributed by atoms with Crippen molar-refractivity contribution in [2.45, 2.75) is 0 Å². The van der Waals surface area contributed by atoms with Gasteiger partial charge >= 0.3 is 0 Å². The normalized spacial score (nSPS) is 10.4. The van der Waals surface area contributed by atoms with Crippen LogP contribution in [0.3, 0.4) is 0 Å². The first-order valence-corrected chi connectivity index (χ1v) is 5.96. The number of hydrogen-bond acceptors (Lipinski definition) is 6. The van der Waals surface area contributed by atoms with E-state index in [0.29, 0.717) is 28.7 Å². The van der Waals surface area contributed by atoms with Gasteiger partial charge in [0.15, 0.2) is 0 Å². The van der Waals surface area contributed by atoms with Crippen molar-refractivity contribution in [1.82, 2.24) is 15.1 Å². The fourth-order valence-electron chi connectivity index (χ4n) is 1.81. The van der Waals surface area contributed by atoms with Crippen molar-refractivity contribution in [2.75, 3.05) is 12.8 Å². The molecule has 3 aromatic rings. The van der Waals surface area contributed by atoms with Gasteiger partial charge < -0.3 is 15.0 Å². The quantitative estimate of drug-likeness (QED) is 0.734. The highest BCUT2D eigenvalue weighted by Gasteiger charge is 2.13. The Kier molecular flexibility index (Phi) is 3.04. The van der Waals surface area contributed by atoms with Crippen molar-refractivity contribution >= 4 is 5.69 Å². The minimum absolute atomic E-state index is 0.365. The summed E-state index contributed by atoms with van der Waals surface area (Å²) >= 11 is 0. The fraction of sp³-hybridized carbons (Fsp3) is 0.0714. The van der Waals surface area contributed by atoms with Crippen molar-refractivity contribution in [3.63, 3.8) is 0 Å². The summed E-state index contributed by atoms with van der Waals surface area (Å²) in [7, 11) is 1.58. The molecule has 0 unspecified atom stereocenters. The number of rotatable bonds is 3. The Labute approximate surface area is 115 Å². The number of hydrogen-bond donors (Lipinski definition) is 1. The molecule has 0 aliphatic heterocycles. The van der Waals surface area contributed by atoms with Gasteiger partial charge in [-0.25, -0.2) is 0 Å². The third-order valence-corrected chi connectivity index (χ3v) is 2.83. The molecule has 0 spiro atoms. The number of aromatic nitrogens is 3. The molecule has 0 bridgehead atoms. The highest BCUT2D eigenvalue weighted by Crippen LogP contribution is 2.29. The van der Waals surface area contributed by atoms with Gasteiger partial charge in [0, 0.05) is 29.7 Å². The van der Waals surface area contributed by atoms with Crippen molar-refractivity contribution in [3.05, 3.63) is 42.7 Å². The number of ether oxygens (including phenoxy) is 1. The lowest BCUT2D eigenvalue weighted by atomic mass is 10.1. The number of anilines is 1. The Balaban J connectivity index is 1.98. The van der Waals surface area contributed by atoms with Crippen molar-refractivity contribution < 1.29 is 9.26 Å². The van der Waals surface area contributed by atoms with Gasteiger partial charge in [-0.15, -0.1) is 0 Å². The molecule has 0 radical (unpaired) electrons. The summed E-state index contributed by atoms with van der Waals surface area (Å²) in [5.41, 5.74) is 7.94. The third-order valence-electron chi connectivity index (χ3n) is 2.83. The summed E-state index contributed by atoms with van der Waals surface area (Å²) in [6.07, 6.45) is 3.36. The van der Waals surface area contributed by atoms with Crippen molar-refractivity contribution in [3.8, 4) is 28.6 Å². The lowest BCUT2D eigenvalue weighted by molar-refractivity contribution is 0.414. The zero-order valence-electron chi connectivity index (χ0n) is 10.8. The van der Waals surface area contributed by atoms with E-state index < -0.39 is 0 Å². The molecule has 0 saturated heterocycles. The molecule has 100 valence electrons. The van der Waals surface area contributed by atoms with E-state index in [1.165, 1.54) is 0 Å². The van der Waals surface area contributed by atoms with Crippen LogP contribution in [-0.4, -0.2) is 22.2 Å². The fourth-order valence-corrected chi connectivity index (χ4v) is 1.81. The predicted molar refractivity (Wildman–Crippen MR) is 73.9 cm³/mol. The molecular weight excluding hydrogens is 256 g/mol. The summed E-state index contributed by atoms with van der Waals surface area (Å²) in [5, 5.41) is 3.93. The average Bonchev–Trinajstić information content (AvgIpc) is 2.97. The van der Waals surface area contributed by atoms with Gasteiger partial charge in [0.1, 0.15) is 5.75 Å². The van der Waals surface area contributed by atoms with Crippen LogP contribution in [0.4, 0.5) is 5.69 Å². The molecule has 2 heterocycles. The molecule has 2 aromatic heterocycles. The molecule has 0 atom stereocenters. The van der Waals surface area contributed by atoms with E-state index in [2.05, 4.69) is 15.1 Å². The first-order valence-electron chi connectivity index (χ1n) is 5.96. The van der Waals surface area contributed by atoms with Gasteiger partial charge in [0.2, 0.25) is 5.82 Å². The molecule has 1 aromatic carbocycles. The number of pyridine rings is 1. The van der Waals surface area contributed by atoms with Gasteiger partial charge in [-0.1, -0.05) is 5.16 Å². The van der Waals surface area contributed by atoms with Crippen molar-refractivity contribution in [2.24, 2.45) is 0 Å². The van der Waals surface area contributed by atoms with Crippen LogP contribution in [0.15, 0.2) is 47.2 Å². The highest BCUT2D eigenvalue weighted by molar-refractivity contribution is 5.72. The van der Waals surface area contributed by atoms with Crippen LogP contribution >= 0.6 is 0 Å². The standard InChI is InChI=1S/C14H12N4O2/c1-19-10-4-5-11(12(15)7-10)14-17-13(18-20-14)9-3-2-6-16-8-9/h2-8H,15H2,1H3. The van der Waals surface area contributed by atoms with Crippen molar-refractivity contribution in [1.29, 1.82) is 0 Å². The summed E-state index contributed by atoms with van der Waals surface area (Å²) in [6.45, 7) is 0. The smallest absolute Gasteiger partial charge is 0.260 e.